The van der Waals surface area contributed by atoms with Crippen LogP contribution in [0, 0.1) is 30.6 Å². The number of benzene rings is 1. The van der Waals surface area contributed by atoms with Crippen LogP contribution in [0.25, 0.3) is 0 Å². The van der Waals surface area contributed by atoms with E-state index in [1.54, 1.807) is 12.1 Å². The van der Waals surface area contributed by atoms with Gasteiger partial charge in [0.05, 0.1) is 23.7 Å². The van der Waals surface area contributed by atoms with Gasteiger partial charge in [-0.05, 0) is 37.6 Å². The number of fused-ring (bicyclic) bond motifs is 3. The van der Waals surface area contributed by atoms with Gasteiger partial charge in [0.1, 0.15) is 11.3 Å². The van der Waals surface area contributed by atoms with Crippen molar-refractivity contribution in [2.45, 2.75) is 13.3 Å². The first-order valence-corrected chi connectivity index (χ1v) is 9.99. The fraction of sp³-hybridized carbons (Fsp3) is 0.273. The number of nitrogens with zero attached hydrogens (tertiary/aromatic N) is 2. The molecule has 0 spiro atoms. The van der Waals surface area contributed by atoms with Gasteiger partial charge in [0.25, 0.3) is 11.8 Å². The molecular weight excluding hydrogens is 418 g/mol. The van der Waals surface area contributed by atoms with Gasteiger partial charge in [-0.25, -0.2) is 9.78 Å². The summed E-state index contributed by atoms with van der Waals surface area (Å²) in [6, 6.07) is 9.95. The van der Waals surface area contributed by atoms with E-state index in [0.29, 0.717) is 10.8 Å². The second kappa shape index (κ2) is 7.26. The number of hydroxylamine groups is 2. The fourth-order valence-electron chi connectivity index (χ4n) is 4.52. The molecule has 0 unspecified atom stereocenters. The maximum Gasteiger partial charge on any atom is 0.369 e. The lowest BCUT2D eigenvalue weighted by Crippen LogP contribution is -2.37. The first kappa shape index (κ1) is 19.9. The lowest BCUT2D eigenvalue weighted by atomic mass is 9.89. The van der Waals surface area contributed by atoms with E-state index in [2.05, 4.69) is 10.3 Å². The Morgan fingerprint density at radius 2 is 1.75 bits per heavy atom. The number of hydrogen-bond acceptors (Lipinski definition) is 8. The number of carbonyl (C=O) groups is 5. The van der Waals surface area contributed by atoms with Crippen molar-refractivity contribution < 1.29 is 33.5 Å². The molecule has 2 saturated heterocycles. The third kappa shape index (κ3) is 3.03. The Kier molecular flexibility index (Phi) is 4.50. The van der Waals surface area contributed by atoms with Crippen LogP contribution < -0.4 is 10.1 Å². The van der Waals surface area contributed by atoms with E-state index in [4.69, 9.17) is 9.57 Å². The molecule has 1 aromatic heterocycles. The topological polar surface area (TPSA) is 132 Å². The lowest BCUT2D eigenvalue weighted by molar-refractivity contribution is -0.175. The molecule has 1 aliphatic carbocycles. The number of nitrogens with one attached hydrogen (secondary N) is 1. The van der Waals surface area contributed by atoms with Crippen LogP contribution in [-0.2, 0) is 24.0 Å². The molecule has 3 heterocycles. The van der Waals surface area contributed by atoms with Crippen LogP contribution in [-0.4, -0.2) is 39.6 Å². The Morgan fingerprint density at radius 3 is 2.50 bits per heavy atom. The summed E-state index contributed by atoms with van der Waals surface area (Å²) in [5, 5.41) is 2.59. The highest BCUT2D eigenvalue weighted by Crippen LogP contribution is 2.49. The summed E-state index contributed by atoms with van der Waals surface area (Å²) in [6.45, 7) is 1.92. The molecular formula is C22H17N3O7. The van der Waals surface area contributed by atoms with Crippen molar-refractivity contribution in [3.8, 4) is 11.6 Å². The number of amides is 4. The maximum atomic E-state index is 12.9. The summed E-state index contributed by atoms with van der Waals surface area (Å²) in [5.41, 5.74) is 0.937. The molecule has 2 aliphatic heterocycles. The van der Waals surface area contributed by atoms with E-state index >= 15 is 0 Å². The van der Waals surface area contributed by atoms with E-state index in [1.807, 2.05) is 19.1 Å². The largest absolute Gasteiger partial charge is 0.438 e. The molecule has 32 heavy (non-hydrogen) atoms. The summed E-state index contributed by atoms with van der Waals surface area (Å²) in [5.74, 6) is -6.77. The van der Waals surface area contributed by atoms with Gasteiger partial charge in [-0.1, -0.05) is 17.7 Å². The van der Waals surface area contributed by atoms with Gasteiger partial charge in [0, 0.05) is 6.20 Å². The molecule has 5 rings (SSSR count). The third-order valence-corrected chi connectivity index (χ3v) is 6.05. The molecule has 1 N–H and O–H groups in total. The molecule has 10 heteroatoms. The standard InChI is InChI=1S/C22H17N3O7/c1-10-4-6-11(7-5-10)31-19-12(3-2-8-23-19)22(30)32-25-20(28)14-9-13-15(16(14)21(25)29)18(27)24-17(13)26/h2-8,13-16H,9H2,1H3,(H,24,26,27)/t13-,14+,15-,16-/m1/s1. The third-order valence-electron chi connectivity index (χ3n) is 6.05. The lowest BCUT2D eigenvalue weighted by Gasteiger charge is -2.17. The SMILES string of the molecule is Cc1ccc(Oc2ncccc2C(=O)ON2C(=O)[C@H]3[C@@H]4C(=O)NC(=O)[C@@H]4C[C@@H]3C2=O)cc1. The average Bonchev–Trinajstić information content (AvgIpc) is 3.37. The maximum absolute atomic E-state index is 12.9. The van der Waals surface area contributed by atoms with Gasteiger partial charge in [0.15, 0.2) is 0 Å². The molecule has 3 fully saturated rings. The van der Waals surface area contributed by atoms with Gasteiger partial charge in [-0.3, -0.25) is 24.5 Å². The van der Waals surface area contributed by atoms with E-state index < -0.39 is 53.3 Å². The zero-order chi connectivity index (χ0) is 22.6. The minimum atomic E-state index is -1.02. The van der Waals surface area contributed by atoms with Crippen LogP contribution in [0.5, 0.6) is 11.6 Å². The number of imide groups is 2. The monoisotopic (exact) mass is 435 g/mol. The summed E-state index contributed by atoms with van der Waals surface area (Å²) < 4.78 is 5.67. The van der Waals surface area contributed by atoms with Crippen LogP contribution in [0.1, 0.15) is 22.3 Å². The average molecular weight is 435 g/mol. The molecule has 0 radical (unpaired) electrons. The van der Waals surface area contributed by atoms with Crippen molar-refractivity contribution in [2.75, 3.05) is 0 Å². The molecule has 1 saturated carbocycles. The Labute approximate surface area is 181 Å². The van der Waals surface area contributed by atoms with Crippen molar-refractivity contribution in [2.24, 2.45) is 23.7 Å². The smallest absolute Gasteiger partial charge is 0.369 e. The van der Waals surface area contributed by atoms with Gasteiger partial charge >= 0.3 is 5.97 Å². The molecule has 162 valence electrons. The van der Waals surface area contributed by atoms with Crippen molar-refractivity contribution in [1.82, 2.24) is 15.4 Å². The molecule has 10 nitrogen and oxygen atoms in total. The van der Waals surface area contributed by atoms with Gasteiger partial charge in [-0.2, -0.15) is 0 Å². The Hall–Kier alpha value is -4.08. The normalized spacial score (nSPS) is 26.1. The van der Waals surface area contributed by atoms with Crippen LogP contribution >= 0.6 is 0 Å². The minimum Gasteiger partial charge on any atom is -0.438 e. The van der Waals surface area contributed by atoms with Crippen molar-refractivity contribution in [3.05, 3.63) is 53.7 Å². The van der Waals surface area contributed by atoms with Crippen LogP contribution in [0.15, 0.2) is 42.6 Å². The quantitative estimate of drug-likeness (QED) is 0.708. The second-order valence-corrected chi connectivity index (χ2v) is 7.97. The van der Waals surface area contributed by atoms with Gasteiger partial charge < -0.3 is 9.57 Å². The molecule has 2 aromatic rings. The summed E-state index contributed by atoms with van der Waals surface area (Å²) in [7, 11) is 0. The number of carbonyl (C=O) groups excluding carboxylic acids is 5. The first-order chi connectivity index (χ1) is 15.3. The van der Waals surface area contributed by atoms with E-state index in [0.717, 1.165) is 5.56 Å². The molecule has 4 amide bonds. The number of aromatic nitrogens is 1. The summed E-state index contributed by atoms with van der Waals surface area (Å²) in [4.78, 5) is 71.6. The predicted molar refractivity (Wildman–Crippen MR) is 104 cm³/mol. The fourth-order valence-corrected chi connectivity index (χ4v) is 4.52. The Morgan fingerprint density at radius 1 is 1.00 bits per heavy atom. The van der Waals surface area contributed by atoms with E-state index in [9.17, 15) is 24.0 Å². The van der Waals surface area contributed by atoms with Crippen molar-refractivity contribution in [3.63, 3.8) is 0 Å². The highest BCUT2D eigenvalue weighted by Gasteiger charge is 2.65. The van der Waals surface area contributed by atoms with Crippen molar-refractivity contribution in [1.29, 1.82) is 0 Å². The van der Waals surface area contributed by atoms with Crippen molar-refractivity contribution >= 4 is 29.6 Å². The minimum absolute atomic E-state index is 0.0542. The molecule has 4 atom stereocenters. The zero-order valence-corrected chi connectivity index (χ0v) is 16.8. The highest BCUT2D eigenvalue weighted by molar-refractivity contribution is 6.13. The van der Waals surface area contributed by atoms with E-state index in [-0.39, 0.29) is 17.9 Å². The Balaban J connectivity index is 1.36. The molecule has 1 aromatic carbocycles. The number of aryl methyl sites for hydroxylation is 1. The highest BCUT2D eigenvalue weighted by atomic mass is 16.7. The summed E-state index contributed by atoms with van der Waals surface area (Å²) in [6.07, 6.45) is 1.48. The second-order valence-electron chi connectivity index (χ2n) is 7.97. The van der Waals surface area contributed by atoms with Crippen LogP contribution in [0.4, 0.5) is 0 Å². The Bertz CT molecular complexity index is 1180. The first-order valence-electron chi connectivity index (χ1n) is 9.99. The summed E-state index contributed by atoms with van der Waals surface area (Å²) >= 11 is 0. The number of hydrogen-bond donors (Lipinski definition) is 1. The van der Waals surface area contributed by atoms with Crippen LogP contribution in [0.2, 0.25) is 0 Å². The predicted octanol–water partition coefficient (Wildman–Crippen LogP) is 1.15. The van der Waals surface area contributed by atoms with Gasteiger partial charge in [-0.15, -0.1) is 5.06 Å². The number of ether oxygens (including phenoxy) is 1. The molecule has 0 bridgehead atoms. The number of rotatable bonds is 4. The van der Waals surface area contributed by atoms with Crippen LogP contribution in [0.3, 0.4) is 0 Å². The molecule has 3 aliphatic rings. The van der Waals surface area contributed by atoms with E-state index in [1.165, 1.54) is 18.3 Å². The zero-order valence-electron chi connectivity index (χ0n) is 16.8. The number of pyridine rings is 1. The van der Waals surface area contributed by atoms with Gasteiger partial charge in [0.2, 0.25) is 17.7 Å².